The summed E-state index contributed by atoms with van der Waals surface area (Å²) in [5.41, 5.74) is 0.559. The van der Waals surface area contributed by atoms with E-state index in [4.69, 9.17) is 5.11 Å². The lowest BCUT2D eigenvalue weighted by Gasteiger charge is -2.20. The van der Waals surface area contributed by atoms with Gasteiger partial charge in [0.1, 0.15) is 6.10 Å². The number of aliphatic hydroxyl groups is 1. The van der Waals surface area contributed by atoms with Crippen LogP contribution in [0.3, 0.4) is 0 Å². The van der Waals surface area contributed by atoms with Crippen LogP contribution in [0.25, 0.3) is 0 Å². The van der Waals surface area contributed by atoms with E-state index in [-0.39, 0.29) is 6.04 Å². The van der Waals surface area contributed by atoms with Crippen molar-refractivity contribution in [2.45, 2.75) is 39.3 Å². The van der Waals surface area contributed by atoms with Crippen molar-refractivity contribution in [1.29, 1.82) is 0 Å². The number of nitrogens with zero attached hydrogens (tertiary/aromatic N) is 2. The van der Waals surface area contributed by atoms with Gasteiger partial charge in [0.05, 0.1) is 24.1 Å². The fourth-order valence-electron chi connectivity index (χ4n) is 1.71. The molecule has 16 heavy (non-hydrogen) atoms. The van der Waals surface area contributed by atoms with E-state index in [9.17, 15) is 9.90 Å². The van der Waals surface area contributed by atoms with E-state index < -0.39 is 18.0 Å². The monoisotopic (exact) mass is 226 g/mol. The minimum atomic E-state index is -1.01. The molecule has 90 valence electrons. The van der Waals surface area contributed by atoms with E-state index >= 15 is 0 Å². The van der Waals surface area contributed by atoms with Gasteiger partial charge < -0.3 is 14.8 Å². The van der Waals surface area contributed by atoms with Gasteiger partial charge in [-0.05, 0) is 20.3 Å². The van der Waals surface area contributed by atoms with Crippen molar-refractivity contribution in [1.82, 2.24) is 9.55 Å². The SMILES string of the molecule is CCC(C(=O)O)C(O)c1cncn1C(C)C. The molecule has 1 rings (SSSR count). The van der Waals surface area contributed by atoms with E-state index in [1.165, 1.54) is 6.20 Å². The van der Waals surface area contributed by atoms with Crippen LogP contribution >= 0.6 is 0 Å². The molecule has 0 radical (unpaired) electrons. The molecule has 0 spiro atoms. The molecule has 0 saturated carbocycles. The Morgan fingerprint density at radius 2 is 2.19 bits per heavy atom. The van der Waals surface area contributed by atoms with Crippen molar-refractivity contribution in [3.8, 4) is 0 Å². The first-order valence-electron chi connectivity index (χ1n) is 5.41. The standard InChI is InChI=1S/C11H18N2O3/c1-4-8(11(15)16)10(14)9-5-12-6-13(9)7(2)3/h5-8,10,14H,4H2,1-3H3,(H,15,16). The van der Waals surface area contributed by atoms with Crippen LogP contribution in [0.4, 0.5) is 0 Å². The molecular formula is C11H18N2O3. The number of imidazole rings is 1. The van der Waals surface area contributed by atoms with E-state index in [0.29, 0.717) is 12.1 Å². The minimum absolute atomic E-state index is 0.151. The topological polar surface area (TPSA) is 75.3 Å². The normalized spacial score (nSPS) is 15.1. The van der Waals surface area contributed by atoms with Crippen LogP contribution in [0.5, 0.6) is 0 Å². The third-order valence-electron chi connectivity index (χ3n) is 2.69. The van der Waals surface area contributed by atoms with E-state index in [0.717, 1.165) is 0 Å². The van der Waals surface area contributed by atoms with Crippen LogP contribution in [-0.4, -0.2) is 25.7 Å². The molecule has 0 aliphatic rings. The molecule has 5 nitrogen and oxygen atoms in total. The van der Waals surface area contributed by atoms with Gasteiger partial charge in [0, 0.05) is 6.04 Å². The maximum atomic E-state index is 11.0. The van der Waals surface area contributed by atoms with Gasteiger partial charge in [-0.15, -0.1) is 0 Å². The molecule has 1 heterocycles. The van der Waals surface area contributed by atoms with Crippen LogP contribution in [-0.2, 0) is 4.79 Å². The Kier molecular flexibility index (Phi) is 4.06. The number of carboxylic acids is 1. The summed E-state index contributed by atoms with van der Waals surface area (Å²) in [7, 11) is 0. The number of aliphatic hydroxyl groups excluding tert-OH is 1. The number of carboxylic acid groups (broad SMARTS) is 1. The van der Waals surface area contributed by atoms with Crippen LogP contribution in [0.2, 0.25) is 0 Å². The van der Waals surface area contributed by atoms with Crippen molar-refractivity contribution >= 4 is 5.97 Å². The third-order valence-corrected chi connectivity index (χ3v) is 2.69. The molecule has 0 bridgehead atoms. The van der Waals surface area contributed by atoms with Crippen LogP contribution < -0.4 is 0 Å². The van der Waals surface area contributed by atoms with Crippen molar-refractivity contribution in [3.05, 3.63) is 18.2 Å². The minimum Gasteiger partial charge on any atom is -0.481 e. The molecule has 2 N–H and O–H groups in total. The summed E-state index contributed by atoms with van der Waals surface area (Å²) >= 11 is 0. The Morgan fingerprint density at radius 3 is 2.62 bits per heavy atom. The second kappa shape index (κ2) is 5.12. The van der Waals surface area contributed by atoms with Crippen molar-refractivity contribution in [2.75, 3.05) is 0 Å². The van der Waals surface area contributed by atoms with Gasteiger partial charge in [-0.3, -0.25) is 4.79 Å². The summed E-state index contributed by atoms with van der Waals surface area (Å²) in [5, 5.41) is 19.0. The number of carbonyl (C=O) groups is 1. The zero-order chi connectivity index (χ0) is 12.3. The molecule has 0 aromatic carbocycles. The van der Waals surface area contributed by atoms with Gasteiger partial charge in [0.15, 0.2) is 0 Å². The molecule has 0 aliphatic heterocycles. The highest BCUT2D eigenvalue weighted by Gasteiger charge is 2.28. The highest BCUT2D eigenvalue weighted by molar-refractivity contribution is 5.70. The van der Waals surface area contributed by atoms with Gasteiger partial charge in [-0.25, -0.2) is 4.98 Å². The number of aliphatic carboxylic acids is 1. The molecule has 0 fully saturated rings. The Bertz CT molecular complexity index is 360. The summed E-state index contributed by atoms with van der Waals surface area (Å²) < 4.78 is 1.79. The lowest BCUT2D eigenvalue weighted by atomic mass is 9.97. The van der Waals surface area contributed by atoms with Gasteiger partial charge in [0.25, 0.3) is 0 Å². The summed E-state index contributed by atoms with van der Waals surface area (Å²) in [6.45, 7) is 5.66. The summed E-state index contributed by atoms with van der Waals surface area (Å²) in [5.74, 6) is -1.76. The van der Waals surface area contributed by atoms with Crippen LogP contribution in [0.15, 0.2) is 12.5 Å². The van der Waals surface area contributed by atoms with Crippen LogP contribution in [0, 0.1) is 5.92 Å². The average Bonchev–Trinajstić information content (AvgIpc) is 2.65. The zero-order valence-corrected chi connectivity index (χ0v) is 9.79. The molecule has 0 aliphatic carbocycles. The molecular weight excluding hydrogens is 208 g/mol. The van der Waals surface area contributed by atoms with Gasteiger partial charge in [0.2, 0.25) is 0 Å². The third kappa shape index (κ3) is 2.41. The first-order valence-corrected chi connectivity index (χ1v) is 5.41. The number of aromatic nitrogens is 2. The fraction of sp³-hybridized carbons (Fsp3) is 0.636. The van der Waals surface area contributed by atoms with E-state index in [1.54, 1.807) is 17.8 Å². The second-order valence-corrected chi connectivity index (χ2v) is 4.12. The van der Waals surface area contributed by atoms with Crippen molar-refractivity contribution in [3.63, 3.8) is 0 Å². The lowest BCUT2D eigenvalue weighted by Crippen LogP contribution is -2.23. The van der Waals surface area contributed by atoms with Crippen LogP contribution in [0.1, 0.15) is 45.0 Å². The highest BCUT2D eigenvalue weighted by atomic mass is 16.4. The Balaban J connectivity index is 2.98. The second-order valence-electron chi connectivity index (χ2n) is 4.12. The largest absolute Gasteiger partial charge is 0.481 e. The number of rotatable bonds is 5. The van der Waals surface area contributed by atoms with Crippen molar-refractivity contribution < 1.29 is 15.0 Å². The summed E-state index contributed by atoms with van der Waals surface area (Å²) in [6.07, 6.45) is 2.51. The summed E-state index contributed by atoms with van der Waals surface area (Å²) in [6, 6.07) is 0.151. The highest BCUT2D eigenvalue weighted by Crippen LogP contribution is 2.26. The van der Waals surface area contributed by atoms with Crippen molar-refractivity contribution in [2.24, 2.45) is 5.92 Å². The van der Waals surface area contributed by atoms with E-state index in [2.05, 4.69) is 4.98 Å². The maximum Gasteiger partial charge on any atom is 0.309 e. The Labute approximate surface area is 94.7 Å². The number of hydrogen-bond acceptors (Lipinski definition) is 3. The molecule has 0 amide bonds. The molecule has 2 unspecified atom stereocenters. The van der Waals surface area contributed by atoms with Gasteiger partial charge >= 0.3 is 5.97 Å². The Morgan fingerprint density at radius 1 is 1.56 bits per heavy atom. The molecule has 2 atom stereocenters. The van der Waals surface area contributed by atoms with Gasteiger partial charge in [-0.1, -0.05) is 6.92 Å². The molecule has 5 heteroatoms. The first-order chi connectivity index (χ1) is 7.49. The lowest BCUT2D eigenvalue weighted by molar-refractivity contribution is -0.146. The maximum absolute atomic E-state index is 11.0. The molecule has 1 aromatic heterocycles. The zero-order valence-electron chi connectivity index (χ0n) is 9.79. The molecule has 0 saturated heterocycles. The fourth-order valence-corrected chi connectivity index (χ4v) is 1.71. The smallest absolute Gasteiger partial charge is 0.309 e. The predicted molar refractivity (Wildman–Crippen MR) is 59.0 cm³/mol. The van der Waals surface area contributed by atoms with E-state index in [1.807, 2.05) is 13.8 Å². The average molecular weight is 226 g/mol. The molecule has 1 aromatic rings. The quantitative estimate of drug-likeness (QED) is 0.799. The number of hydrogen-bond donors (Lipinski definition) is 2. The predicted octanol–water partition coefficient (Wildman–Crippen LogP) is 1.61. The van der Waals surface area contributed by atoms with Gasteiger partial charge in [-0.2, -0.15) is 0 Å². The Hall–Kier alpha value is -1.36. The summed E-state index contributed by atoms with van der Waals surface area (Å²) in [4.78, 5) is 14.9. The first kappa shape index (κ1) is 12.7.